The van der Waals surface area contributed by atoms with Crippen LogP contribution in [0.5, 0.6) is 0 Å². The molecule has 0 aliphatic carbocycles. The number of benzene rings is 9. The average Bonchev–Trinajstić information content (AvgIpc) is 3.80. The highest BCUT2D eigenvalue weighted by Crippen LogP contribution is 2.49. The number of rotatable bonds is 5. The number of fused-ring (bicyclic) bond motifs is 9. The van der Waals surface area contributed by atoms with Crippen molar-refractivity contribution in [1.82, 2.24) is 0 Å². The minimum absolute atomic E-state index is 0.879. The van der Waals surface area contributed by atoms with Gasteiger partial charge in [0.1, 0.15) is 11.2 Å². The van der Waals surface area contributed by atoms with E-state index in [-0.39, 0.29) is 0 Å². The van der Waals surface area contributed by atoms with Crippen LogP contribution in [0.2, 0.25) is 0 Å². The van der Waals surface area contributed by atoms with Crippen LogP contribution < -0.4 is 4.90 Å². The summed E-state index contributed by atoms with van der Waals surface area (Å²) in [6, 6.07) is 67.9. The van der Waals surface area contributed by atoms with Gasteiger partial charge in [-0.3, -0.25) is 0 Å². The Morgan fingerprint density at radius 2 is 1.09 bits per heavy atom. The second kappa shape index (κ2) is 11.9. The van der Waals surface area contributed by atoms with E-state index in [1.807, 2.05) is 11.3 Å². The van der Waals surface area contributed by atoms with Gasteiger partial charge in [0.05, 0.1) is 16.8 Å². The maximum absolute atomic E-state index is 6.79. The molecule has 0 N–H and O–H groups in total. The summed E-state index contributed by atoms with van der Waals surface area (Å²) in [5, 5.41) is 9.67. The summed E-state index contributed by atoms with van der Waals surface area (Å²) in [5.41, 5.74) is 9.79. The third kappa shape index (κ3) is 4.71. The first-order valence-corrected chi connectivity index (χ1v) is 18.8. The van der Waals surface area contributed by atoms with Gasteiger partial charge >= 0.3 is 0 Å². The fourth-order valence-corrected chi connectivity index (χ4v) is 9.51. The number of thiophene rings is 1. The molecule has 11 aromatic rings. The van der Waals surface area contributed by atoms with E-state index in [1.165, 1.54) is 52.8 Å². The molecule has 0 amide bonds. The van der Waals surface area contributed by atoms with Gasteiger partial charge in [0.25, 0.3) is 0 Å². The van der Waals surface area contributed by atoms with E-state index >= 15 is 0 Å². The van der Waals surface area contributed by atoms with Crippen molar-refractivity contribution >= 4 is 92.1 Å². The summed E-state index contributed by atoms with van der Waals surface area (Å²) in [5.74, 6) is 0. The Morgan fingerprint density at radius 1 is 0.415 bits per heavy atom. The minimum atomic E-state index is 0.879. The highest BCUT2D eigenvalue weighted by Gasteiger charge is 2.24. The molecule has 53 heavy (non-hydrogen) atoms. The number of nitrogens with zero attached hydrogens (tertiary/aromatic N) is 1. The topological polar surface area (TPSA) is 16.4 Å². The summed E-state index contributed by atoms with van der Waals surface area (Å²) < 4.78 is 9.35. The van der Waals surface area contributed by atoms with Crippen molar-refractivity contribution in [2.45, 2.75) is 0 Å². The van der Waals surface area contributed by atoms with Crippen molar-refractivity contribution in [3.05, 3.63) is 188 Å². The van der Waals surface area contributed by atoms with Crippen molar-refractivity contribution < 1.29 is 4.42 Å². The number of furan rings is 1. The Balaban J connectivity index is 1.22. The molecule has 0 spiro atoms. The smallest absolute Gasteiger partial charge is 0.145 e. The van der Waals surface area contributed by atoms with E-state index in [2.05, 4.69) is 193 Å². The van der Waals surface area contributed by atoms with Crippen LogP contribution in [0.3, 0.4) is 0 Å². The van der Waals surface area contributed by atoms with Crippen LogP contribution in [0.25, 0.3) is 85.9 Å². The van der Waals surface area contributed by atoms with Crippen LogP contribution in [0.15, 0.2) is 192 Å². The van der Waals surface area contributed by atoms with Gasteiger partial charge in [0.2, 0.25) is 0 Å². The van der Waals surface area contributed by atoms with Gasteiger partial charge in [-0.15, -0.1) is 11.3 Å². The van der Waals surface area contributed by atoms with Crippen LogP contribution in [0.4, 0.5) is 17.1 Å². The Kier molecular flexibility index (Phi) is 6.76. The fraction of sp³-hybridized carbons (Fsp3) is 0. The van der Waals surface area contributed by atoms with Crippen LogP contribution in [-0.2, 0) is 0 Å². The summed E-state index contributed by atoms with van der Waals surface area (Å²) in [4.78, 5) is 2.46. The van der Waals surface area contributed by atoms with E-state index in [0.29, 0.717) is 0 Å². The fourth-order valence-electron chi connectivity index (χ4n) is 8.24. The van der Waals surface area contributed by atoms with Gasteiger partial charge in [0, 0.05) is 42.2 Å². The van der Waals surface area contributed by atoms with Crippen LogP contribution >= 0.6 is 11.3 Å². The zero-order valence-corrected chi connectivity index (χ0v) is 29.5. The Morgan fingerprint density at radius 3 is 1.94 bits per heavy atom. The summed E-state index contributed by atoms with van der Waals surface area (Å²) >= 11 is 1.87. The first-order chi connectivity index (χ1) is 26.3. The van der Waals surface area contributed by atoms with Crippen molar-refractivity contribution in [2.24, 2.45) is 0 Å². The lowest BCUT2D eigenvalue weighted by Crippen LogP contribution is -2.11. The molecular weight excluding hydrogens is 663 g/mol. The molecule has 0 aliphatic rings. The average molecular weight is 694 g/mol. The monoisotopic (exact) mass is 693 g/mol. The van der Waals surface area contributed by atoms with Crippen LogP contribution in [-0.4, -0.2) is 0 Å². The first-order valence-electron chi connectivity index (χ1n) is 18.0. The van der Waals surface area contributed by atoms with Crippen molar-refractivity contribution in [1.29, 1.82) is 0 Å². The molecule has 0 saturated heterocycles. The molecule has 2 heterocycles. The lowest BCUT2D eigenvalue weighted by Gasteiger charge is -2.28. The zero-order chi connectivity index (χ0) is 34.9. The number of anilines is 3. The third-order valence-corrected chi connectivity index (χ3v) is 11.9. The van der Waals surface area contributed by atoms with Crippen molar-refractivity contribution in [3.63, 3.8) is 0 Å². The molecule has 0 radical (unpaired) electrons. The Labute approximate surface area is 310 Å². The van der Waals surface area contributed by atoms with Gasteiger partial charge in [0.15, 0.2) is 0 Å². The van der Waals surface area contributed by atoms with E-state index in [9.17, 15) is 0 Å². The molecule has 2 nitrogen and oxygen atoms in total. The molecule has 3 heteroatoms. The molecule has 0 atom stereocenters. The van der Waals surface area contributed by atoms with Crippen molar-refractivity contribution in [3.8, 4) is 22.3 Å². The predicted octanol–water partition coefficient (Wildman–Crippen LogP) is 15.1. The molecule has 0 saturated carbocycles. The lowest BCUT2D eigenvalue weighted by molar-refractivity contribution is 0.670. The first kappa shape index (κ1) is 30.0. The van der Waals surface area contributed by atoms with Gasteiger partial charge < -0.3 is 9.32 Å². The normalized spacial score (nSPS) is 11.8. The van der Waals surface area contributed by atoms with Gasteiger partial charge in [-0.1, -0.05) is 152 Å². The quantitative estimate of drug-likeness (QED) is 0.167. The number of hydrogen-bond acceptors (Lipinski definition) is 3. The molecular formula is C50H31NOS. The van der Waals surface area contributed by atoms with Gasteiger partial charge in [-0.25, -0.2) is 0 Å². The zero-order valence-electron chi connectivity index (χ0n) is 28.7. The second-order valence-corrected chi connectivity index (χ2v) is 14.7. The van der Waals surface area contributed by atoms with E-state index in [0.717, 1.165) is 50.1 Å². The SMILES string of the molecule is c1ccc(-c2ccc(N(c3ccc4c(c3)sc3c(-c5ccccc5)cccc34)c3cccc4c3ccc3ccccc34)c3c2oc2ccccc23)cc1. The number of para-hydroxylation sites is 1. The minimum Gasteiger partial charge on any atom is -0.455 e. The highest BCUT2D eigenvalue weighted by molar-refractivity contribution is 7.26. The lowest BCUT2D eigenvalue weighted by atomic mass is 9.97. The molecule has 2 aromatic heterocycles. The molecule has 0 aliphatic heterocycles. The molecule has 0 unspecified atom stereocenters. The molecule has 11 rings (SSSR count). The molecule has 248 valence electrons. The van der Waals surface area contributed by atoms with Crippen LogP contribution in [0.1, 0.15) is 0 Å². The van der Waals surface area contributed by atoms with Crippen LogP contribution in [0, 0.1) is 0 Å². The maximum Gasteiger partial charge on any atom is 0.145 e. The van der Waals surface area contributed by atoms with Crippen molar-refractivity contribution in [2.75, 3.05) is 4.90 Å². The molecule has 0 fully saturated rings. The van der Waals surface area contributed by atoms with Gasteiger partial charge in [-0.05, 0) is 69.2 Å². The summed E-state index contributed by atoms with van der Waals surface area (Å²) in [7, 11) is 0. The predicted molar refractivity (Wildman–Crippen MR) is 227 cm³/mol. The van der Waals surface area contributed by atoms with E-state index < -0.39 is 0 Å². The van der Waals surface area contributed by atoms with E-state index in [1.54, 1.807) is 0 Å². The Bertz CT molecular complexity index is 3180. The van der Waals surface area contributed by atoms with E-state index in [4.69, 9.17) is 4.42 Å². The highest BCUT2D eigenvalue weighted by atomic mass is 32.1. The summed E-state index contributed by atoms with van der Waals surface area (Å²) in [6.45, 7) is 0. The Hall–Kier alpha value is -6.68. The third-order valence-electron chi connectivity index (χ3n) is 10.7. The number of hydrogen-bond donors (Lipinski definition) is 0. The maximum atomic E-state index is 6.79. The standard InChI is InChI=1S/C50H31NOS/c1-3-13-32(14-4-1)37-29-30-45(48-43-19-9-10-24-46(43)52-49(37)48)51(44-23-12-21-39-36-18-8-7-17-34(36)25-27-40(39)44)35-26-28-41-42-22-11-20-38(33-15-5-2-6-16-33)50(42)53-47(41)31-35/h1-31H. The molecule has 0 bridgehead atoms. The largest absolute Gasteiger partial charge is 0.455 e. The van der Waals surface area contributed by atoms with Gasteiger partial charge in [-0.2, -0.15) is 0 Å². The second-order valence-electron chi connectivity index (χ2n) is 13.6. The summed E-state index contributed by atoms with van der Waals surface area (Å²) in [6.07, 6.45) is 0. The molecule has 9 aromatic carbocycles.